The lowest BCUT2D eigenvalue weighted by Crippen LogP contribution is -2.27. The lowest BCUT2D eigenvalue weighted by atomic mass is 10.2. The van der Waals surface area contributed by atoms with Crippen LogP contribution in [0.5, 0.6) is 0 Å². The first-order valence-electron chi connectivity index (χ1n) is 7.56. The molecule has 0 spiro atoms. The maximum absolute atomic E-state index is 14.2. The van der Waals surface area contributed by atoms with Gasteiger partial charge in [0, 0.05) is 6.54 Å². The van der Waals surface area contributed by atoms with Crippen molar-refractivity contribution < 1.29 is 22.0 Å². The van der Waals surface area contributed by atoms with E-state index in [1.165, 1.54) is 24.3 Å². The molecule has 2 aromatic carbocycles. The van der Waals surface area contributed by atoms with Crippen LogP contribution in [0.2, 0.25) is 0 Å². The number of benzene rings is 2. The summed E-state index contributed by atoms with van der Waals surface area (Å²) < 4.78 is 54.2. The highest BCUT2D eigenvalue weighted by molar-refractivity contribution is 7.89. The van der Waals surface area contributed by atoms with Gasteiger partial charge in [0.2, 0.25) is 10.0 Å². The summed E-state index contributed by atoms with van der Waals surface area (Å²) in [5.74, 6) is -2.40. The van der Waals surface area contributed by atoms with Crippen LogP contribution in [-0.2, 0) is 10.0 Å². The zero-order valence-corrected chi connectivity index (χ0v) is 14.5. The predicted octanol–water partition coefficient (Wildman–Crippen LogP) is 3.15. The number of hydrogen-bond acceptors (Lipinski definition) is 3. The maximum atomic E-state index is 14.2. The van der Waals surface area contributed by atoms with E-state index < -0.39 is 27.6 Å². The Balaban J connectivity index is 2.20. The molecule has 0 aliphatic carbocycles. The Hall–Kier alpha value is -2.32. The van der Waals surface area contributed by atoms with E-state index in [2.05, 4.69) is 10.0 Å². The summed E-state index contributed by atoms with van der Waals surface area (Å²) in [6.45, 7) is 3.89. The van der Waals surface area contributed by atoms with Gasteiger partial charge in [0.15, 0.2) is 0 Å². The number of hydrogen-bond donors (Lipinski definition) is 2. The molecule has 0 aliphatic heterocycles. The molecule has 0 saturated heterocycles. The highest BCUT2D eigenvalue weighted by Crippen LogP contribution is 2.20. The summed E-state index contributed by atoms with van der Waals surface area (Å²) in [6, 6.07) is 8.37. The molecule has 134 valence electrons. The van der Waals surface area contributed by atoms with E-state index in [9.17, 15) is 22.0 Å². The van der Waals surface area contributed by atoms with Crippen molar-refractivity contribution in [3.63, 3.8) is 0 Å². The largest absolute Gasteiger partial charge is 0.319 e. The molecule has 1 amide bonds. The fourth-order valence-electron chi connectivity index (χ4n) is 1.96. The number of rotatable bonds is 6. The molecule has 0 unspecified atom stereocenters. The van der Waals surface area contributed by atoms with E-state index in [0.29, 0.717) is 0 Å². The number of halogens is 2. The van der Waals surface area contributed by atoms with Gasteiger partial charge in [-0.15, -0.1) is 0 Å². The molecule has 0 heterocycles. The monoisotopic (exact) mass is 368 g/mol. The quantitative estimate of drug-likeness (QED) is 0.822. The second kappa shape index (κ2) is 7.71. The molecule has 0 bridgehead atoms. The number of carbonyl (C=O) groups is 1. The van der Waals surface area contributed by atoms with E-state index in [-0.39, 0.29) is 28.6 Å². The number of carbonyl (C=O) groups excluding carboxylic acids is 1. The smallest absolute Gasteiger partial charge is 0.258 e. The van der Waals surface area contributed by atoms with Crippen LogP contribution < -0.4 is 10.0 Å². The lowest BCUT2D eigenvalue weighted by Gasteiger charge is -2.11. The second-order valence-electron chi connectivity index (χ2n) is 5.82. The molecule has 2 rings (SSSR count). The van der Waals surface area contributed by atoms with Crippen molar-refractivity contribution in [3.8, 4) is 0 Å². The maximum Gasteiger partial charge on any atom is 0.258 e. The van der Waals surface area contributed by atoms with Gasteiger partial charge in [-0.25, -0.2) is 21.9 Å². The molecule has 5 nitrogen and oxygen atoms in total. The molecule has 0 saturated carbocycles. The van der Waals surface area contributed by atoms with Crippen LogP contribution in [-0.4, -0.2) is 20.9 Å². The second-order valence-corrected chi connectivity index (χ2v) is 7.59. The minimum atomic E-state index is -3.84. The summed E-state index contributed by atoms with van der Waals surface area (Å²) in [4.78, 5) is 11.7. The number of sulfonamides is 1. The Labute approximate surface area is 145 Å². The van der Waals surface area contributed by atoms with Crippen LogP contribution in [0.15, 0.2) is 47.4 Å². The normalized spacial score (nSPS) is 11.6. The van der Waals surface area contributed by atoms with Gasteiger partial charge in [0.25, 0.3) is 5.91 Å². The first-order valence-corrected chi connectivity index (χ1v) is 9.04. The average Bonchev–Trinajstić information content (AvgIpc) is 2.55. The van der Waals surface area contributed by atoms with E-state index in [1.807, 2.05) is 13.8 Å². The Bertz CT molecular complexity index is 883. The standard InChI is InChI=1S/C17H18F2N2O3S/c1-11(2)10-20-25(23,24)12-7-8-16(15(19)9-12)21-17(22)13-5-3-4-6-14(13)18/h3-9,11,20H,10H2,1-2H3,(H,21,22). The first kappa shape index (κ1) is 19.0. The third kappa shape index (κ3) is 4.83. The van der Waals surface area contributed by atoms with Crippen LogP contribution in [0.4, 0.5) is 14.5 Å². The van der Waals surface area contributed by atoms with E-state index in [4.69, 9.17) is 0 Å². The van der Waals surface area contributed by atoms with Crippen molar-refractivity contribution in [1.82, 2.24) is 4.72 Å². The third-order valence-electron chi connectivity index (χ3n) is 3.30. The number of nitrogens with one attached hydrogen (secondary N) is 2. The first-order chi connectivity index (χ1) is 11.7. The van der Waals surface area contributed by atoms with Gasteiger partial charge in [0.05, 0.1) is 16.1 Å². The Kier molecular flexibility index (Phi) is 5.86. The Morgan fingerprint density at radius 3 is 2.36 bits per heavy atom. The van der Waals surface area contributed by atoms with Crippen molar-refractivity contribution in [2.24, 2.45) is 5.92 Å². The summed E-state index contributed by atoms with van der Waals surface area (Å²) in [5, 5.41) is 2.23. The molecule has 0 aliphatic rings. The third-order valence-corrected chi connectivity index (χ3v) is 4.72. The molecule has 0 atom stereocenters. The van der Waals surface area contributed by atoms with Crippen LogP contribution in [0.1, 0.15) is 24.2 Å². The highest BCUT2D eigenvalue weighted by atomic mass is 32.2. The van der Waals surface area contributed by atoms with Gasteiger partial charge in [-0.3, -0.25) is 4.79 Å². The fraction of sp³-hybridized carbons (Fsp3) is 0.235. The summed E-state index contributed by atoms with van der Waals surface area (Å²) in [7, 11) is -3.84. The highest BCUT2D eigenvalue weighted by Gasteiger charge is 2.18. The van der Waals surface area contributed by atoms with E-state index in [1.54, 1.807) is 0 Å². The molecule has 0 aromatic heterocycles. The molecule has 0 radical (unpaired) electrons. The molecule has 0 fully saturated rings. The van der Waals surface area contributed by atoms with Crippen LogP contribution in [0, 0.1) is 17.6 Å². The fourth-order valence-corrected chi connectivity index (χ4v) is 3.18. The molecular weight excluding hydrogens is 350 g/mol. The van der Waals surface area contributed by atoms with Crippen molar-refractivity contribution in [2.45, 2.75) is 18.7 Å². The zero-order valence-electron chi connectivity index (χ0n) is 13.7. The summed E-state index contributed by atoms with van der Waals surface area (Å²) in [5.41, 5.74) is -0.478. The van der Waals surface area contributed by atoms with E-state index >= 15 is 0 Å². The van der Waals surface area contributed by atoms with Gasteiger partial charge >= 0.3 is 0 Å². The van der Waals surface area contributed by atoms with Crippen molar-refractivity contribution >= 4 is 21.6 Å². The minimum absolute atomic E-state index is 0.0963. The predicted molar refractivity (Wildman–Crippen MR) is 90.8 cm³/mol. The lowest BCUT2D eigenvalue weighted by molar-refractivity contribution is 0.102. The van der Waals surface area contributed by atoms with E-state index in [0.717, 1.165) is 18.2 Å². The van der Waals surface area contributed by atoms with Crippen molar-refractivity contribution in [1.29, 1.82) is 0 Å². The van der Waals surface area contributed by atoms with Crippen molar-refractivity contribution in [2.75, 3.05) is 11.9 Å². The topological polar surface area (TPSA) is 75.3 Å². The molecule has 2 aromatic rings. The van der Waals surface area contributed by atoms with Crippen LogP contribution >= 0.6 is 0 Å². The SMILES string of the molecule is CC(C)CNS(=O)(=O)c1ccc(NC(=O)c2ccccc2F)c(F)c1. The van der Waals surface area contributed by atoms with Gasteiger partial charge in [-0.2, -0.15) is 0 Å². The molecule has 8 heteroatoms. The van der Waals surface area contributed by atoms with Crippen LogP contribution in [0.3, 0.4) is 0 Å². The van der Waals surface area contributed by atoms with Gasteiger partial charge in [-0.1, -0.05) is 26.0 Å². The van der Waals surface area contributed by atoms with Gasteiger partial charge in [0.1, 0.15) is 11.6 Å². The Morgan fingerprint density at radius 2 is 1.76 bits per heavy atom. The molecular formula is C17H18F2N2O3S. The van der Waals surface area contributed by atoms with Gasteiger partial charge in [-0.05, 0) is 36.2 Å². The molecule has 2 N–H and O–H groups in total. The Morgan fingerprint density at radius 1 is 1.08 bits per heavy atom. The van der Waals surface area contributed by atoms with Gasteiger partial charge < -0.3 is 5.32 Å². The molecule has 25 heavy (non-hydrogen) atoms. The number of anilines is 1. The average molecular weight is 368 g/mol. The minimum Gasteiger partial charge on any atom is -0.319 e. The summed E-state index contributed by atoms with van der Waals surface area (Å²) >= 11 is 0. The number of amides is 1. The zero-order chi connectivity index (χ0) is 18.6. The summed E-state index contributed by atoms with van der Waals surface area (Å²) in [6.07, 6.45) is 0. The van der Waals surface area contributed by atoms with Crippen LogP contribution in [0.25, 0.3) is 0 Å². The van der Waals surface area contributed by atoms with Crippen molar-refractivity contribution in [3.05, 3.63) is 59.7 Å².